The molecule has 0 bridgehead atoms. The fraction of sp³-hybridized carbons (Fsp3) is 0.600. The molecule has 1 saturated heterocycles. The molecule has 2 aliphatic rings. The van der Waals surface area contributed by atoms with Gasteiger partial charge >= 0.3 is 5.97 Å². The Hall–Kier alpha value is -1.95. The van der Waals surface area contributed by atoms with Gasteiger partial charge in [-0.1, -0.05) is 30.6 Å². The van der Waals surface area contributed by atoms with Crippen molar-refractivity contribution in [3.8, 4) is 0 Å². The first-order valence-corrected chi connectivity index (χ1v) is 9.47. The van der Waals surface area contributed by atoms with E-state index in [1.807, 2.05) is 0 Å². The van der Waals surface area contributed by atoms with Crippen molar-refractivity contribution in [2.45, 2.75) is 51.6 Å². The van der Waals surface area contributed by atoms with Crippen molar-refractivity contribution in [3.05, 3.63) is 35.6 Å². The molecule has 2 aliphatic heterocycles. The molecule has 3 rings (SSSR count). The fourth-order valence-corrected chi connectivity index (χ4v) is 4.01. The van der Waals surface area contributed by atoms with Gasteiger partial charge in [0.15, 0.2) is 0 Å². The summed E-state index contributed by atoms with van der Waals surface area (Å²) in [4.78, 5) is 19.9. The molecule has 1 fully saturated rings. The Morgan fingerprint density at radius 1 is 1.42 bits per heavy atom. The maximum absolute atomic E-state index is 13.1. The van der Waals surface area contributed by atoms with Crippen molar-refractivity contribution in [2.24, 2.45) is 10.6 Å². The number of carboxylic acid groups (broad SMARTS) is 1. The van der Waals surface area contributed by atoms with E-state index in [1.54, 1.807) is 12.1 Å². The third kappa shape index (κ3) is 4.23. The number of aliphatic carboxylic acids is 1. The Kier molecular flexibility index (Phi) is 5.91. The molecule has 1 N–H and O–H groups in total. The first-order chi connectivity index (χ1) is 12.5. The van der Waals surface area contributed by atoms with Gasteiger partial charge in [-0.3, -0.25) is 4.79 Å². The van der Waals surface area contributed by atoms with Gasteiger partial charge in [0.25, 0.3) is 0 Å². The smallest absolute Gasteiger partial charge is 0.311 e. The number of benzene rings is 1. The van der Waals surface area contributed by atoms with Gasteiger partial charge in [0.1, 0.15) is 11.9 Å². The van der Waals surface area contributed by atoms with Crippen molar-refractivity contribution in [1.29, 1.82) is 0 Å². The quantitative estimate of drug-likeness (QED) is 0.804. The van der Waals surface area contributed by atoms with Crippen LogP contribution in [0.2, 0.25) is 0 Å². The molecular weight excluding hydrogens is 335 g/mol. The van der Waals surface area contributed by atoms with Crippen LogP contribution in [-0.2, 0) is 9.63 Å². The molecule has 142 valence electrons. The number of rotatable bonds is 7. The Morgan fingerprint density at radius 2 is 2.19 bits per heavy atom. The number of hydrogen-bond donors (Lipinski definition) is 1. The fourth-order valence-electron chi connectivity index (χ4n) is 4.01. The monoisotopic (exact) mass is 362 g/mol. The molecule has 1 aromatic carbocycles. The van der Waals surface area contributed by atoms with Crippen LogP contribution in [0.25, 0.3) is 0 Å². The summed E-state index contributed by atoms with van der Waals surface area (Å²) in [5, 5.41) is 14.1. The lowest BCUT2D eigenvalue weighted by molar-refractivity contribution is -0.155. The molecule has 1 aromatic rings. The topological polar surface area (TPSA) is 62.1 Å². The molecule has 0 aromatic heterocycles. The molecule has 26 heavy (non-hydrogen) atoms. The molecular formula is C20H27FN2O3. The summed E-state index contributed by atoms with van der Waals surface area (Å²) >= 11 is 0. The van der Waals surface area contributed by atoms with Crippen LogP contribution >= 0.6 is 0 Å². The Morgan fingerprint density at radius 3 is 2.88 bits per heavy atom. The van der Waals surface area contributed by atoms with Crippen LogP contribution in [0.3, 0.4) is 0 Å². The molecule has 2 unspecified atom stereocenters. The number of carbonyl (C=O) groups is 1. The van der Waals surface area contributed by atoms with Crippen molar-refractivity contribution >= 4 is 11.7 Å². The second-order valence-corrected chi connectivity index (χ2v) is 7.50. The van der Waals surface area contributed by atoms with Gasteiger partial charge in [-0.2, -0.15) is 0 Å². The predicted octanol–water partition coefficient (Wildman–Crippen LogP) is 3.68. The van der Waals surface area contributed by atoms with E-state index in [-0.39, 0.29) is 11.9 Å². The second kappa shape index (κ2) is 8.16. The van der Waals surface area contributed by atoms with E-state index < -0.39 is 11.4 Å². The van der Waals surface area contributed by atoms with Crippen molar-refractivity contribution in [1.82, 2.24) is 4.90 Å². The first kappa shape index (κ1) is 18.8. The standard InChI is InChI=1S/C20H27FN2O3/c1-2-3-10-23-11-4-9-20(14-23,19(24)25)13-17-12-18(22-26-17)15-5-7-16(21)8-6-15/h5-8,17H,2-4,9-14H2,1H3,(H,24,25). The van der Waals surface area contributed by atoms with Gasteiger partial charge in [-0.25, -0.2) is 4.39 Å². The number of oxime groups is 1. The summed E-state index contributed by atoms with van der Waals surface area (Å²) in [7, 11) is 0. The van der Waals surface area contributed by atoms with Gasteiger partial charge in [0.05, 0.1) is 11.1 Å². The number of likely N-dealkylation sites (tertiary alicyclic amines) is 1. The van der Waals surface area contributed by atoms with E-state index >= 15 is 0 Å². The average molecular weight is 362 g/mol. The number of carboxylic acids is 1. The van der Waals surface area contributed by atoms with E-state index in [2.05, 4.69) is 17.0 Å². The van der Waals surface area contributed by atoms with Crippen molar-refractivity contribution in [3.63, 3.8) is 0 Å². The van der Waals surface area contributed by atoms with Crippen LogP contribution in [0.15, 0.2) is 29.4 Å². The van der Waals surface area contributed by atoms with Crippen molar-refractivity contribution in [2.75, 3.05) is 19.6 Å². The lowest BCUT2D eigenvalue weighted by Gasteiger charge is -2.40. The van der Waals surface area contributed by atoms with E-state index in [9.17, 15) is 14.3 Å². The zero-order valence-corrected chi connectivity index (χ0v) is 15.3. The third-order valence-corrected chi connectivity index (χ3v) is 5.47. The lowest BCUT2D eigenvalue weighted by Crippen LogP contribution is -2.49. The molecule has 5 nitrogen and oxygen atoms in total. The minimum absolute atomic E-state index is 0.239. The van der Waals surface area contributed by atoms with E-state index in [0.29, 0.717) is 25.8 Å². The van der Waals surface area contributed by atoms with E-state index in [1.165, 1.54) is 12.1 Å². The van der Waals surface area contributed by atoms with Gasteiger partial charge in [0, 0.05) is 19.4 Å². The van der Waals surface area contributed by atoms with Crippen LogP contribution in [-0.4, -0.2) is 47.4 Å². The molecule has 2 atom stereocenters. The molecule has 6 heteroatoms. The van der Waals surface area contributed by atoms with E-state index in [0.717, 1.165) is 43.6 Å². The zero-order valence-electron chi connectivity index (χ0n) is 15.3. The number of piperidine rings is 1. The van der Waals surface area contributed by atoms with Crippen molar-refractivity contribution < 1.29 is 19.1 Å². The third-order valence-electron chi connectivity index (χ3n) is 5.47. The van der Waals surface area contributed by atoms with Gasteiger partial charge in [-0.05, 0) is 50.0 Å². The average Bonchev–Trinajstić information content (AvgIpc) is 3.09. The Labute approximate surface area is 153 Å². The summed E-state index contributed by atoms with van der Waals surface area (Å²) in [5.41, 5.74) is 0.811. The highest BCUT2D eigenvalue weighted by Gasteiger charge is 2.45. The minimum Gasteiger partial charge on any atom is -0.481 e. The van der Waals surface area contributed by atoms with Crippen LogP contribution in [0.5, 0.6) is 0 Å². The summed E-state index contributed by atoms with van der Waals surface area (Å²) in [5.74, 6) is -1.03. The van der Waals surface area contributed by atoms with Gasteiger partial charge < -0.3 is 14.8 Å². The highest BCUT2D eigenvalue weighted by molar-refractivity contribution is 6.01. The molecule has 0 radical (unpaired) electrons. The highest BCUT2D eigenvalue weighted by Crippen LogP contribution is 2.38. The molecule has 0 aliphatic carbocycles. The zero-order chi connectivity index (χ0) is 18.6. The number of halogens is 1. The van der Waals surface area contributed by atoms with Crippen LogP contribution in [0.1, 0.15) is 51.0 Å². The number of nitrogens with zero attached hydrogens (tertiary/aromatic N) is 2. The number of unbranched alkanes of at least 4 members (excludes halogenated alkanes) is 1. The SMILES string of the molecule is CCCCN1CCCC(CC2CC(c3ccc(F)cc3)=NO2)(C(=O)O)C1. The predicted molar refractivity (Wildman–Crippen MR) is 97.7 cm³/mol. The Bertz CT molecular complexity index is 662. The maximum Gasteiger partial charge on any atom is 0.311 e. The second-order valence-electron chi connectivity index (χ2n) is 7.50. The summed E-state index contributed by atoms with van der Waals surface area (Å²) in [6.07, 6.45) is 4.56. The largest absolute Gasteiger partial charge is 0.481 e. The summed E-state index contributed by atoms with van der Waals surface area (Å²) < 4.78 is 13.1. The Balaban J connectivity index is 1.64. The summed E-state index contributed by atoms with van der Waals surface area (Å²) in [6.45, 7) is 4.65. The summed E-state index contributed by atoms with van der Waals surface area (Å²) in [6, 6.07) is 6.16. The highest BCUT2D eigenvalue weighted by atomic mass is 19.1. The van der Waals surface area contributed by atoms with Crippen LogP contribution < -0.4 is 0 Å². The minimum atomic E-state index is -0.773. The van der Waals surface area contributed by atoms with Gasteiger partial charge in [-0.15, -0.1) is 0 Å². The molecule has 0 saturated carbocycles. The lowest BCUT2D eigenvalue weighted by atomic mass is 9.74. The van der Waals surface area contributed by atoms with Gasteiger partial charge in [0.2, 0.25) is 0 Å². The number of hydrogen-bond acceptors (Lipinski definition) is 4. The first-order valence-electron chi connectivity index (χ1n) is 9.47. The van der Waals surface area contributed by atoms with Crippen LogP contribution in [0, 0.1) is 11.2 Å². The maximum atomic E-state index is 13.1. The molecule has 0 spiro atoms. The van der Waals surface area contributed by atoms with E-state index in [4.69, 9.17) is 4.84 Å². The normalized spacial score (nSPS) is 26.4. The molecule has 2 heterocycles. The molecule has 0 amide bonds. The van der Waals surface area contributed by atoms with Crippen LogP contribution in [0.4, 0.5) is 4.39 Å².